The van der Waals surface area contributed by atoms with Gasteiger partial charge in [0.15, 0.2) is 0 Å². The van der Waals surface area contributed by atoms with Gasteiger partial charge in [-0.2, -0.15) is 0 Å². The van der Waals surface area contributed by atoms with E-state index in [2.05, 4.69) is 38.5 Å². The zero-order valence-corrected chi connectivity index (χ0v) is 18.5. The van der Waals surface area contributed by atoms with E-state index in [1.165, 1.54) is 6.07 Å². The molecule has 0 unspecified atom stereocenters. The highest BCUT2D eigenvalue weighted by atomic mass is 127. The van der Waals surface area contributed by atoms with Gasteiger partial charge in [0.05, 0.1) is 11.3 Å². The summed E-state index contributed by atoms with van der Waals surface area (Å²) in [5.74, 6) is -1.23. The van der Waals surface area contributed by atoms with Gasteiger partial charge in [-0.15, -0.1) is 0 Å². The van der Waals surface area contributed by atoms with Gasteiger partial charge in [-0.1, -0.05) is 12.1 Å². The fraction of sp³-hybridized carbons (Fsp3) is 0.136. The zero-order valence-electron chi connectivity index (χ0n) is 16.4. The number of halogens is 1. The van der Waals surface area contributed by atoms with E-state index in [4.69, 9.17) is 0 Å². The summed E-state index contributed by atoms with van der Waals surface area (Å²) in [5.41, 5.74) is 2.99. The maximum atomic E-state index is 12.3. The second-order valence-corrected chi connectivity index (χ2v) is 7.94. The molecule has 3 amide bonds. The van der Waals surface area contributed by atoms with E-state index in [-0.39, 0.29) is 11.7 Å². The van der Waals surface area contributed by atoms with E-state index in [1.54, 1.807) is 56.5 Å². The van der Waals surface area contributed by atoms with Crippen molar-refractivity contribution in [1.29, 1.82) is 0 Å². The molecule has 0 radical (unpaired) electrons. The van der Waals surface area contributed by atoms with Gasteiger partial charge in [-0.25, -0.2) is 0 Å². The number of fused-ring (bicyclic) bond motifs is 1. The van der Waals surface area contributed by atoms with Crippen LogP contribution in [0.2, 0.25) is 0 Å². The maximum Gasteiger partial charge on any atom is 0.260 e. The average molecular weight is 517 g/mol. The number of anilines is 1. The van der Waals surface area contributed by atoms with Gasteiger partial charge in [0.25, 0.3) is 17.7 Å². The van der Waals surface area contributed by atoms with Gasteiger partial charge in [0.1, 0.15) is 5.75 Å². The quantitative estimate of drug-likeness (QED) is 0.211. The summed E-state index contributed by atoms with van der Waals surface area (Å²) in [6.07, 6.45) is 3.24. The van der Waals surface area contributed by atoms with Crippen molar-refractivity contribution in [1.82, 2.24) is 10.6 Å². The van der Waals surface area contributed by atoms with Gasteiger partial charge in [-0.3, -0.25) is 19.7 Å². The fourth-order valence-corrected chi connectivity index (χ4v) is 3.35. The van der Waals surface area contributed by atoms with Gasteiger partial charge < -0.3 is 15.7 Å². The van der Waals surface area contributed by atoms with Crippen LogP contribution in [0, 0.1) is 3.57 Å². The highest BCUT2D eigenvalue weighted by Crippen LogP contribution is 2.27. The van der Waals surface area contributed by atoms with E-state index in [0.717, 1.165) is 9.13 Å². The fourth-order valence-electron chi connectivity index (χ4n) is 2.86. The molecule has 3 rings (SSSR count). The van der Waals surface area contributed by atoms with Crippen molar-refractivity contribution in [3.05, 3.63) is 74.5 Å². The van der Waals surface area contributed by atoms with Crippen LogP contribution in [0.3, 0.4) is 0 Å². The summed E-state index contributed by atoms with van der Waals surface area (Å²) >= 11 is 2.13. The molecule has 2 aromatic carbocycles. The second-order valence-electron chi connectivity index (χ2n) is 6.69. The minimum absolute atomic E-state index is 0.0555. The molecule has 1 aliphatic rings. The molecule has 154 valence electrons. The van der Waals surface area contributed by atoms with Crippen molar-refractivity contribution >= 4 is 51.6 Å². The number of carbonyl (C=O) groups is 3. The lowest BCUT2D eigenvalue weighted by molar-refractivity contribution is -0.115. The lowest BCUT2D eigenvalue weighted by atomic mass is 9.95. The van der Waals surface area contributed by atoms with Gasteiger partial charge in [-0.05, 0) is 72.3 Å². The number of rotatable bonds is 5. The molecular formula is C22H20IN3O4. The number of hydrogen-bond donors (Lipinski definition) is 4. The Morgan fingerprint density at radius 3 is 2.60 bits per heavy atom. The SMILES string of the molecule is CC=C(C)C(=O)Nc1ccc(CNC=C2C(=O)NC(=O)c3ccc(I)cc32)cc1O. The van der Waals surface area contributed by atoms with Crippen molar-refractivity contribution in [2.24, 2.45) is 0 Å². The first kappa shape index (κ1) is 21.6. The monoisotopic (exact) mass is 517 g/mol. The molecule has 30 heavy (non-hydrogen) atoms. The number of nitrogens with one attached hydrogen (secondary N) is 3. The Balaban J connectivity index is 1.74. The van der Waals surface area contributed by atoms with Crippen LogP contribution >= 0.6 is 22.6 Å². The second kappa shape index (κ2) is 9.12. The third-order valence-electron chi connectivity index (χ3n) is 4.64. The first-order valence-corrected chi connectivity index (χ1v) is 10.2. The molecule has 2 aromatic rings. The number of amides is 3. The molecule has 0 saturated carbocycles. The molecule has 1 heterocycles. The highest BCUT2D eigenvalue weighted by Gasteiger charge is 2.27. The Hall–Kier alpha value is -3.14. The summed E-state index contributed by atoms with van der Waals surface area (Å²) in [6, 6.07) is 10.2. The third kappa shape index (κ3) is 4.70. The van der Waals surface area contributed by atoms with Crippen molar-refractivity contribution in [3.63, 3.8) is 0 Å². The van der Waals surface area contributed by atoms with E-state index in [9.17, 15) is 19.5 Å². The minimum atomic E-state index is -0.470. The van der Waals surface area contributed by atoms with E-state index in [0.29, 0.717) is 34.5 Å². The standard InChI is InChI=1S/C22H20IN3O4/c1-3-12(2)20(28)25-18-7-4-13(8-19(18)27)10-24-11-17-16-9-14(23)5-6-15(16)21(29)26-22(17)30/h3-9,11,24,27H,10H2,1-2H3,(H,25,28)(H,26,29,30). The molecule has 0 aromatic heterocycles. The number of carbonyl (C=O) groups excluding carboxylic acids is 3. The Labute approximate surface area is 187 Å². The molecule has 0 fully saturated rings. The molecule has 0 atom stereocenters. The third-order valence-corrected chi connectivity index (χ3v) is 5.31. The van der Waals surface area contributed by atoms with E-state index in [1.807, 2.05) is 0 Å². The predicted molar refractivity (Wildman–Crippen MR) is 123 cm³/mol. The molecule has 0 aliphatic carbocycles. The molecule has 7 nitrogen and oxygen atoms in total. The largest absolute Gasteiger partial charge is 0.506 e. The van der Waals surface area contributed by atoms with E-state index < -0.39 is 11.8 Å². The zero-order chi connectivity index (χ0) is 21.8. The summed E-state index contributed by atoms with van der Waals surface area (Å²) in [7, 11) is 0. The van der Waals surface area contributed by atoms with E-state index >= 15 is 0 Å². The number of aromatic hydroxyl groups is 1. The van der Waals surface area contributed by atoms with Crippen LogP contribution in [0.15, 0.2) is 54.2 Å². The lowest BCUT2D eigenvalue weighted by Gasteiger charge is -2.18. The molecule has 0 bridgehead atoms. The van der Waals surface area contributed by atoms with Gasteiger partial charge in [0, 0.05) is 33.0 Å². The molecule has 0 saturated heterocycles. The van der Waals surface area contributed by atoms with Crippen LogP contribution in [0.5, 0.6) is 5.75 Å². The van der Waals surface area contributed by atoms with Crippen LogP contribution < -0.4 is 16.0 Å². The van der Waals surface area contributed by atoms with Crippen LogP contribution in [0.1, 0.15) is 35.3 Å². The summed E-state index contributed by atoms with van der Waals surface area (Å²) in [4.78, 5) is 36.2. The number of imide groups is 1. The molecule has 4 N–H and O–H groups in total. The highest BCUT2D eigenvalue weighted by molar-refractivity contribution is 14.1. The average Bonchev–Trinajstić information content (AvgIpc) is 2.71. The molecule has 1 aliphatic heterocycles. The van der Waals surface area contributed by atoms with Crippen LogP contribution in [0.25, 0.3) is 5.57 Å². The smallest absolute Gasteiger partial charge is 0.260 e. The number of phenols is 1. The van der Waals surface area contributed by atoms with Crippen molar-refractivity contribution in [2.75, 3.05) is 5.32 Å². The normalized spacial score (nSPS) is 14.9. The summed E-state index contributed by atoms with van der Waals surface area (Å²) in [5, 5.41) is 18.2. The topological polar surface area (TPSA) is 108 Å². The van der Waals surface area contributed by atoms with Gasteiger partial charge in [0.2, 0.25) is 0 Å². The van der Waals surface area contributed by atoms with Crippen molar-refractivity contribution < 1.29 is 19.5 Å². The first-order chi connectivity index (χ1) is 14.3. The Morgan fingerprint density at radius 2 is 1.90 bits per heavy atom. The van der Waals surface area contributed by atoms with Crippen LogP contribution in [-0.4, -0.2) is 22.8 Å². The summed E-state index contributed by atoms with van der Waals surface area (Å²) < 4.78 is 0.912. The Morgan fingerprint density at radius 1 is 1.13 bits per heavy atom. The Kier molecular flexibility index (Phi) is 6.56. The Bertz CT molecular complexity index is 1110. The number of hydrogen-bond acceptors (Lipinski definition) is 5. The number of phenolic OH excluding ortho intramolecular Hbond substituents is 1. The van der Waals surface area contributed by atoms with Crippen LogP contribution in [-0.2, 0) is 16.1 Å². The number of benzene rings is 2. The molecule has 0 spiro atoms. The first-order valence-electron chi connectivity index (χ1n) is 9.15. The minimum Gasteiger partial charge on any atom is -0.506 e. The molecular weight excluding hydrogens is 497 g/mol. The predicted octanol–water partition coefficient (Wildman–Crippen LogP) is 3.30. The van der Waals surface area contributed by atoms with Gasteiger partial charge >= 0.3 is 0 Å². The number of allylic oxidation sites excluding steroid dienone is 1. The summed E-state index contributed by atoms with van der Waals surface area (Å²) in [6.45, 7) is 3.78. The maximum absolute atomic E-state index is 12.3. The lowest BCUT2D eigenvalue weighted by Crippen LogP contribution is -2.37. The van der Waals surface area contributed by atoms with Crippen molar-refractivity contribution in [2.45, 2.75) is 20.4 Å². The molecule has 8 heteroatoms. The van der Waals surface area contributed by atoms with Crippen molar-refractivity contribution in [3.8, 4) is 5.75 Å². The van der Waals surface area contributed by atoms with Crippen LogP contribution in [0.4, 0.5) is 5.69 Å².